The Labute approximate surface area is 70.2 Å². The van der Waals surface area contributed by atoms with E-state index in [1.165, 1.54) is 6.61 Å². The molecule has 3 N–H and O–H groups in total. The first-order chi connectivity index (χ1) is 5.16. The van der Waals surface area contributed by atoms with E-state index < -0.39 is 23.6 Å². The highest BCUT2D eigenvalue weighted by Gasteiger charge is 2.36. The van der Waals surface area contributed by atoms with Gasteiger partial charge >= 0.3 is 0 Å². The minimum Gasteiger partial charge on any atom is -0.394 e. The molecule has 1 saturated heterocycles. The third-order valence-electron chi connectivity index (χ3n) is 1.65. The molecule has 0 aromatic rings. The van der Waals surface area contributed by atoms with Crippen LogP contribution in [-0.2, 0) is 4.74 Å². The van der Waals surface area contributed by atoms with Crippen LogP contribution in [0.5, 0.6) is 0 Å². The van der Waals surface area contributed by atoms with E-state index >= 15 is 0 Å². The summed E-state index contributed by atoms with van der Waals surface area (Å²) in [4.78, 5) is 0. The normalized spacial score (nSPS) is 45.8. The van der Waals surface area contributed by atoms with E-state index in [4.69, 9.17) is 9.84 Å². The fourth-order valence-electron chi connectivity index (χ4n) is 0.915. The van der Waals surface area contributed by atoms with E-state index in [2.05, 4.69) is 12.6 Å². The fraction of sp³-hybridized carbons (Fsp3) is 0.833. The molecule has 0 amide bonds. The van der Waals surface area contributed by atoms with Gasteiger partial charge in [-0.2, -0.15) is 12.6 Å². The predicted molar refractivity (Wildman–Crippen MR) is 41.0 cm³/mol. The first-order valence-electron chi connectivity index (χ1n) is 3.30. The molecule has 1 heterocycles. The molecule has 4 nitrogen and oxygen atoms in total. The van der Waals surface area contributed by atoms with Gasteiger partial charge in [0.2, 0.25) is 0 Å². The third-order valence-corrected chi connectivity index (χ3v) is 2.08. The van der Waals surface area contributed by atoms with Crippen molar-refractivity contribution in [2.45, 2.75) is 23.6 Å². The summed E-state index contributed by atoms with van der Waals surface area (Å²) >= 11 is 3.92. The molecule has 1 rings (SSSR count). The average molecular weight is 179 g/mol. The first kappa shape index (κ1) is 9.28. The van der Waals surface area contributed by atoms with Crippen LogP contribution >= 0.6 is 12.6 Å². The summed E-state index contributed by atoms with van der Waals surface area (Å²) in [5, 5.41) is 26.5. The van der Waals surface area contributed by atoms with Gasteiger partial charge in [-0.15, -0.1) is 0 Å². The summed E-state index contributed by atoms with van der Waals surface area (Å²) in [5.41, 5.74) is 0. The van der Waals surface area contributed by atoms with Gasteiger partial charge in [-0.1, -0.05) is 0 Å². The largest absolute Gasteiger partial charge is 0.394 e. The molecule has 11 heavy (non-hydrogen) atoms. The zero-order valence-corrected chi connectivity index (χ0v) is 6.69. The average Bonchev–Trinajstić information content (AvgIpc) is 2.01. The second kappa shape index (κ2) is 3.73. The van der Waals surface area contributed by atoms with Gasteiger partial charge in [-0.05, 0) is 0 Å². The van der Waals surface area contributed by atoms with Crippen LogP contribution in [0, 0.1) is 6.61 Å². The van der Waals surface area contributed by atoms with E-state index in [9.17, 15) is 10.2 Å². The van der Waals surface area contributed by atoms with Crippen molar-refractivity contribution in [3.05, 3.63) is 6.61 Å². The predicted octanol–water partition coefficient (Wildman–Crippen LogP) is -1.44. The maximum Gasteiger partial charge on any atom is 0.109 e. The lowest BCUT2D eigenvalue weighted by atomic mass is 10.0. The molecule has 0 aromatic carbocycles. The van der Waals surface area contributed by atoms with Crippen molar-refractivity contribution in [1.82, 2.24) is 0 Å². The highest BCUT2D eigenvalue weighted by Crippen LogP contribution is 2.21. The molecule has 65 valence electrons. The lowest BCUT2D eigenvalue weighted by Gasteiger charge is -2.34. The molecule has 0 saturated carbocycles. The van der Waals surface area contributed by atoms with E-state index in [1.54, 1.807) is 0 Å². The number of rotatable bonds is 1. The summed E-state index contributed by atoms with van der Waals surface area (Å²) in [5.74, 6) is 0. The molecule has 0 spiro atoms. The van der Waals surface area contributed by atoms with Crippen molar-refractivity contribution >= 4 is 12.6 Å². The Bertz CT molecular complexity index is 130. The van der Waals surface area contributed by atoms with Crippen molar-refractivity contribution in [3.8, 4) is 0 Å². The Morgan fingerprint density at radius 3 is 2.55 bits per heavy atom. The summed E-state index contributed by atoms with van der Waals surface area (Å²) in [6, 6.07) is 0. The number of aliphatic hydroxyl groups is 3. The maximum absolute atomic E-state index is 9.20. The maximum atomic E-state index is 9.20. The van der Waals surface area contributed by atoms with Crippen LogP contribution in [0.1, 0.15) is 0 Å². The number of hydrogen-bond donors (Lipinski definition) is 4. The number of ether oxygens (including phenoxy) is 1. The van der Waals surface area contributed by atoms with Crippen molar-refractivity contribution in [1.29, 1.82) is 0 Å². The molecule has 0 aliphatic carbocycles. The lowest BCUT2D eigenvalue weighted by Crippen LogP contribution is -2.50. The quantitative estimate of drug-likeness (QED) is 0.372. The molecule has 1 aliphatic rings. The molecule has 0 bridgehead atoms. The van der Waals surface area contributed by atoms with Crippen LogP contribution < -0.4 is 0 Å². The molecular formula is C6H11O4S. The Morgan fingerprint density at radius 2 is 2.00 bits per heavy atom. The molecular weight excluding hydrogens is 168 g/mol. The summed E-state index contributed by atoms with van der Waals surface area (Å²) in [7, 11) is 0. The van der Waals surface area contributed by atoms with Crippen molar-refractivity contribution in [2.75, 3.05) is 6.61 Å². The summed E-state index contributed by atoms with van der Waals surface area (Å²) in [6.07, 6.45) is -2.76. The Hall–Kier alpha value is 0.190. The van der Waals surface area contributed by atoms with Crippen molar-refractivity contribution in [3.63, 3.8) is 0 Å². The minimum atomic E-state index is -1.06. The van der Waals surface area contributed by atoms with Gasteiger partial charge in [0, 0.05) is 0 Å². The van der Waals surface area contributed by atoms with Crippen LogP contribution in [0.3, 0.4) is 0 Å². The van der Waals surface area contributed by atoms with Gasteiger partial charge in [0.25, 0.3) is 0 Å². The first-order valence-corrected chi connectivity index (χ1v) is 3.82. The highest BCUT2D eigenvalue weighted by atomic mass is 32.1. The molecule has 0 aromatic heterocycles. The van der Waals surface area contributed by atoms with Gasteiger partial charge < -0.3 is 20.1 Å². The number of aliphatic hydroxyl groups excluding tert-OH is 3. The van der Waals surface area contributed by atoms with Gasteiger partial charge in [-0.3, -0.25) is 0 Å². The molecule has 0 unspecified atom stereocenters. The van der Waals surface area contributed by atoms with E-state index in [0.717, 1.165) is 0 Å². The van der Waals surface area contributed by atoms with Crippen LogP contribution in [0.15, 0.2) is 0 Å². The standard InChI is InChI=1S/C6H11O4S/c7-1-3-5(8)6(9)4(11)2-10-3/h2-9,11H,1H2/t3-,4+,5+,6-/m1/s1. The van der Waals surface area contributed by atoms with Gasteiger partial charge in [0.05, 0.1) is 24.6 Å². The zero-order chi connectivity index (χ0) is 8.43. The molecule has 1 fully saturated rings. The Balaban J connectivity index is 2.52. The molecule has 1 radical (unpaired) electrons. The van der Waals surface area contributed by atoms with Crippen LogP contribution in [0.4, 0.5) is 0 Å². The van der Waals surface area contributed by atoms with E-state index in [1.807, 2.05) is 0 Å². The minimum absolute atomic E-state index is 0.310. The fourth-order valence-corrected chi connectivity index (χ4v) is 1.16. The second-order valence-corrected chi connectivity index (χ2v) is 3.06. The summed E-state index contributed by atoms with van der Waals surface area (Å²) in [6.45, 7) is 0.997. The van der Waals surface area contributed by atoms with Gasteiger partial charge in [-0.25, -0.2) is 0 Å². The lowest BCUT2D eigenvalue weighted by molar-refractivity contribution is -0.121. The van der Waals surface area contributed by atoms with E-state index in [-0.39, 0.29) is 6.61 Å². The summed E-state index contributed by atoms with van der Waals surface area (Å²) < 4.78 is 4.86. The smallest absolute Gasteiger partial charge is 0.109 e. The molecule has 1 aliphatic heterocycles. The van der Waals surface area contributed by atoms with Crippen molar-refractivity contribution < 1.29 is 20.1 Å². The molecule has 4 atom stereocenters. The van der Waals surface area contributed by atoms with Crippen LogP contribution in [0.25, 0.3) is 0 Å². The van der Waals surface area contributed by atoms with Crippen LogP contribution in [0.2, 0.25) is 0 Å². The van der Waals surface area contributed by atoms with Crippen LogP contribution in [-0.4, -0.2) is 45.5 Å². The van der Waals surface area contributed by atoms with Crippen molar-refractivity contribution in [2.24, 2.45) is 0 Å². The zero-order valence-electron chi connectivity index (χ0n) is 5.79. The second-order valence-electron chi connectivity index (χ2n) is 2.46. The third kappa shape index (κ3) is 1.86. The van der Waals surface area contributed by atoms with Gasteiger partial charge in [0.1, 0.15) is 12.2 Å². The SMILES string of the molecule is OC[C@H]1O[CH][C@H](S)[C@@H](O)[C@H]1O. The van der Waals surface area contributed by atoms with Gasteiger partial charge in [0.15, 0.2) is 0 Å². The Kier molecular flexibility index (Phi) is 3.15. The number of thiol groups is 1. The Morgan fingerprint density at radius 1 is 1.36 bits per heavy atom. The highest BCUT2D eigenvalue weighted by molar-refractivity contribution is 7.81. The van der Waals surface area contributed by atoms with E-state index in [0.29, 0.717) is 0 Å². The topological polar surface area (TPSA) is 69.9 Å². The number of hydrogen-bond acceptors (Lipinski definition) is 5. The molecule has 5 heteroatoms. The monoisotopic (exact) mass is 179 g/mol.